The summed E-state index contributed by atoms with van der Waals surface area (Å²) in [4.78, 5) is 0.276. The number of sulfone groups is 1. The molecule has 1 saturated heterocycles. The third kappa shape index (κ3) is 3.28. The van der Waals surface area contributed by atoms with Gasteiger partial charge in [0.05, 0.1) is 4.90 Å². The van der Waals surface area contributed by atoms with Crippen molar-refractivity contribution in [2.24, 2.45) is 0 Å². The molecule has 1 aromatic carbocycles. The van der Waals surface area contributed by atoms with Gasteiger partial charge in [-0.25, -0.2) is 16.8 Å². The predicted octanol–water partition coefficient (Wildman–Crippen LogP) is 1.92. The van der Waals surface area contributed by atoms with Crippen molar-refractivity contribution in [3.05, 3.63) is 34.7 Å². The Morgan fingerprint density at radius 1 is 1.08 bits per heavy atom. The highest BCUT2D eigenvalue weighted by molar-refractivity contribution is 7.90. The molecular formula is C16H21N3O5S2. The van der Waals surface area contributed by atoms with Gasteiger partial charge in [0.2, 0.25) is 25.8 Å². The Morgan fingerprint density at radius 3 is 2.23 bits per heavy atom. The van der Waals surface area contributed by atoms with E-state index in [2.05, 4.69) is 10.2 Å². The molecule has 0 saturated carbocycles. The van der Waals surface area contributed by atoms with Crippen LogP contribution in [-0.4, -0.2) is 44.1 Å². The van der Waals surface area contributed by atoms with E-state index in [4.69, 9.17) is 4.42 Å². The lowest BCUT2D eigenvalue weighted by molar-refractivity contribution is 0.303. The maximum absolute atomic E-state index is 13.3. The first kappa shape index (κ1) is 19.0. The van der Waals surface area contributed by atoms with Gasteiger partial charge in [-0.05, 0) is 44.7 Å². The van der Waals surface area contributed by atoms with E-state index in [9.17, 15) is 16.8 Å². The van der Waals surface area contributed by atoms with Gasteiger partial charge in [-0.2, -0.15) is 4.31 Å². The van der Waals surface area contributed by atoms with Crippen LogP contribution in [0, 0.1) is 20.8 Å². The lowest BCUT2D eigenvalue weighted by Crippen LogP contribution is -2.32. The summed E-state index contributed by atoms with van der Waals surface area (Å²) in [6.45, 7) is 5.77. The molecule has 2 heterocycles. The van der Waals surface area contributed by atoms with Crippen LogP contribution in [0.4, 0.5) is 0 Å². The van der Waals surface area contributed by atoms with Crippen molar-refractivity contribution in [3.63, 3.8) is 0 Å². The van der Waals surface area contributed by atoms with Gasteiger partial charge < -0.3 is 4.42 Å². The minimum Gasteiger partial charge on any atom is -0.411 e. The van der Waals surface area contributed by atoms with Crippen LogP contribution in [0.25, 0.3) is 0 Å². The number of aryl methyl sites for hydroxylation is 3. The molecule has 1 atom stereocenters. The summed E-state index contributed by atoms with van der Waals surface area (Å²) in [5, 5.41) is 6.82. The number of sulfonamides is 1. The minimum atomic E-state index is -3.78. The molecule has 0 N–H and O–H groups in total. The van der Waals surface area contributed by atoms with Gasteiger partial charge in [0.1, 0.15) is 6.04 Å². The van der Waals surface area contributed by atoms with Gasteiger partial charge in [0, 0.05) is 12.8 Å². The normalized spacial score (nSPS) is 19.2. The van der Waals surface area contributed by atoms with Gasteiger partial charge in [0.15, 0.2) is 0 Å². The van der Waals surface area contributed by atoms with Crippen molar-refractivity contribution in [1.82, 2.24) is 14.5 Å². The molecule has 1 aliphatic rings. The topological polar surface area (TPSA) is 110 Å². The summed E-state index contributed by atoms with van der Waals surface area (Å²) in [7, 11) is -7.43. The first-order chi connectivity index (χ1) is 12.0. The number of hydrogen-bond donors (Lipinski definition) is 0. The van der Waals surface area contributed by atoms with E-state index in [1.807, 2.05) is 19.1 Å². The zero-order valence-electron chi connectivity index (χ0n) is 15.1. The Kier molecular flexibility index (Phi) is 4.70. The van der Waals surface area contributed by atoms with Crippen molar-refractivity contribution in [2.45, 2.75) is 49.8 Å². The van der Waals surface area contributed by atoms with Crippen LogP contribution in [0.1, 0.15) is 41.5 Å². The molecule has 0 unspecified atom stereocenters. The summed E-state index contributed by atoms with van der Waals surface area (Å²) < 4.78 is 56.3. The summed E-state index contributed by atoms with van der Waals surface area (Å²) in [6.07, 6.45) is 2.09. The second-order valence-electron chi connectivity index (χ2n) is 6.68. The maximum atomic E-state index is 13.3. The fraction of sp³-hybridized carbons (Fsp3) is 0.500. The first-order valence-corrected chi connectivity index (χ1v) is 11.5. The zero-order chi connectivity index (χ0) is 19.3. The average molecular weight is 399 g/mol. The van der Waals surface area contributed by atoms with Gasteiger partial charge in [-0.1, -0.05) is 22.8 Å². The van der Waals surface area contributed by atoms with Crippen molar-refractivity contribution in [3.8, 4) is 0 Å². The molecule has 1 aromatic heterocycles. The Balaban J connectivity index is 2.04. The standard InChI is InChI=1S/C16H21N3O5S2/c1-10-8-11(2)14(12(3)9-10)26(22,23)19-7-5-6-13(19)15-17-18-16(24-15)25(4,20)21/h8-9,13H,5-7H2,1-4H3/t13-/m0/s1. The van der Waals surface area contributed by atoms with Gasteiger partial charge >= 0.3 is 5.22 Å². The average Bonchev–Trinajstić information content (AvgIpc) is 3.14. The molecule has 0 bridgehead atoms. The van der Waals surface area contributed by atoms with E-state index >= 15 is 0 Å². The number of hydrogen-bond acceptors (Lipinski definition) is 7. The van der Waals surface area contributed by atoms with Gasteiger partial charge in [0.25, 0.3) is 0 Å². The van der Waals surface area contributed by atoms with E-state index in [0.29, 0.717) is 30.5 Å². The summed E-state index contributed by atoms with van der Waals surface area (Å²) in [5.41, 5.74) is 2.35. The van der Waals surface area contributed by atoms with E-state index in [-0.39, 0.29) is 10.8 Å². The largest absolute Gasteiger partial charge is 0.411 e. The van der Waals surface area contributed by atoms with Gasteiger partial charge in [-0.15, -0.1) is 5.10 Å². The molecule has 0 aliphatic carbocycles. The van der Waals surface area contributed by atoms with Crippen LogP contribution in [0.3, 0.4) is 0 Å². The molecule has 1 fully saturated rings. The van der Waals surface area contributed by atoms with Crippen LogP contribution in [0.2, 0.25) is 0 Å². The Bertz CT molecular complexity index is 1030. The van der Waals surface area contributed by atoms with Crippen LogP contribution in [0.5, 0.6) is 0 Å². The lowest BCUT2D eigenvalue weighted by Gasteiger charge is -2.23. The molecule has 3 rings (SSSR count). The highest BCUT2D eigenvalue weighted by Gasteiger charge is 2.40. The van der Waals surface area contributed by atoms with Crippen LogP contribution in [0.15, 0.2) is 26.7 Å². The van der Waals surface area contributed by atoms with E-state index in [1.165, 1.54) is 4.31 Å². The fourth-order valence-corrected chi connectivity index (χ4v) is 5.96. The third-order valence-electron chi connectivity index (χ3n) is 4.40. The second-order valence-corrected chi connectivity index (χ2v) is 10.4. The summed E-state index contributed by atoms with van der Waals surface area (Å²) in [5.74, 6) is 0.00826. The van der Waals surface area contributed by atoms with Crippen molar-refractivity contribution >= 4 is 19.9 Å². The Hall–Kier alpha value is -1.78. The highest BCUT2D eigenvalue weighted by atomic mass is 32.2. The van der Waals surface area contributed by atoms with E-state index in [0.717, 1.165) is 11.8 Å². The Morgan fingerprint density at radius 2 is 1.69 bits per heavy atom. The zero-order valence-corrected chi connectivity index (χ0v) is 16.7. The molecule has 0 spiro atoms. The summed E-state index contributed by atoms with van der Waals surface area (Å²) in [6, 6.07) is 3.00. The molecule has 26 heavy (non-hydrogen) atoms. The highest BCUT2D eigenvalue weighted by Crippen LogP contribution is 2.38. The van der Waals surface area contributed by atoms with E-state index < -0.39 is 31.1 Å². The molecule has 0 radical (unpaired) electrons. The van der Waals surface area contributed by atoms with E-state index in [1.54, 1.807) is 13.8 Å². The van der Waals surface area contributed by atoms with Crippen LogP contribution < -0.4 is 0 Å². The quantitative estimate of drug-likeness (QED) is 0.772. The van der Waals surface area contributed by atoms with Crippen molar-refractivity contribution in [1.29, 1.82) is 0 Å². The maximum Gasteiger partial charge on any atom is 0.335 e. The molecule has 10 heteroatoms. The lowest BCUT2D eigenvalue weighted by atomic mass is 10.1. The van der Waals surface area contributed by atoms with Gasteiger partial charge in [-0.3, -0.25) is 0 Å². The molecule has 2 aromatic rings. The van der Waals surface area contributed by atoms with Crippen molar-refractivity contribution in [2.75, 3.05) is 12.8 Å². The molecular weight excluding hydrogens is 378 g/mol. The second kappa shape index (κ2) is 6.43. The van der Waals surface area contributed by atoms with Crippen LogP contribution >= 0.6 is 0 Å². The Labute approximate surface area is 153 Å². The number of aromatic nitrogens is 2. The fourth-order valence-electron chi connectivity index (χ4n) is 3.47. The smallest absolute Gasteiger partial charge is 0.335 e. The monoisotopic (exact) mass is 399 g/mol. The number of nitrogens with zero attached hydrogens (tertiary/aromatic N) is 3. The predicted molar refractivity (Wildman–Crippen MR) is 93.9 cm³/mol. The summed E-state index contributed by atoms with van der Waals surface area (Å²) >= 11 is 0. The van der Waals surface area contributed by atoms with Crippen molar-refractivity contribution < 1.29 is 21.3 Å². The first-order valence-electron chi connectivity index (χ1n) is 8.15. The molecule has 1 aliphatic heterocycles. The number of rotatable bonds is 4. The molecule has 0 amide bonds. The number of benzene rings is 1. The molecule has 142 valence electrons. The SMILES string of the molecule is Cc1cc(C)c(S(=O)(=O)N2CCC[C@H]2c2nnc(S(C)(=O)=O)o2)c(C)c1. The van der Waals surface area contributed by atoms with Crippen LogP contribution in [-0.2, 0) is 19.9 Å². The third-order valence-corrected chi connectivity index (χ3v) is 7.41. The minimum absolute atomic E-state index is 0.00826. The molecule has 8 nitrogen and oxygen atoms in total.